The van der Waals surface area contributed by atoms with Gasteiger partial charge in [0, 0.05) is 6.54 Å². The summed E-state index contributed by atoms with van der Waals surface area (Å²) in [5, 5.41) is 2.92. The lowest BCUT2D eigenvalue weighted by molar-refractivity contribution is 0.138. The van der Waals surface area contributed by atoms with Crippen molar-refractivity contribution in [2.24, 2.45) is 17.8 Å². The molecule has 0 bridgehead atoms. The molecule has 3 nitrogen and oxygen atoms in total. The number of hydrogen-bond donors (Lipinski definition) is 1. The number of ether oxygens (including phenoxy) is 1. The fourth-order valence-electron chi connectivity index (χ4n) is 3.86. The molecular weight excluding hydrogens is 250 g/mol. The van der Waals surface area contributed by atoms with Crippen molar-refractivity contribution in [1.29, 1.82) is 0 Å². The average molecular weight is 273 g/mol. The fraction of sp³-hybridized carbons (Fsp3) is 0.588. The first-order valence-corrected chi connectivity index (χ1v) is 7.76. The molecular formula is C17H23NO2. The molecule has 1 aromatic rings. The number of alkyl carbamates (subject to hydrolysis) is 1. The van der Waals surface area contributed by atoms with E-state index < -0.39 is 0 Å². The monoisotopic (exact) mass is 273 g/mol. The standard InChI is InChI=1S/C17H23NO2/c19-17(20-12-13-5-2-1-3-6-13)18-11-14-9-15-7-4-8-16(15)10-14/h1-3,5-6,14-16H,4,7-12H2,(H,18,19). The summed E-state index contributed by atoms with van der Waals surface area (Å²) in [6.07, 6.45) is 6.52. The van der Waals surface area contributed by atoms with E-state index >= 15 is 0 Å². The first-order chi connectivity index (χ1) is 9.81. The van der Waals surface area contributed by atoms with Gasteiger partial charge in [-0.25, -0.2) is 4.79 Å². The normalized spacial score (nSPS) is 28.1. The van der Waals surface area contributed by atoms with Gasteiger partial charge in [-0.2, -0.15) is 0 Å². The highest BCUT2D eigenvalue weighted by molar-refractivity contribution is 5.67. The Bertz CT molecular complexity index is 434. The van der Waals surface area contributed by atoms with Crippen LogP contribution in [0.2, 0.25) is 0 Å². The van der Waals surface area contributed by atoms with E-state index in [1.807, 2.05) is 30.3 Å². The van der Waals surface area contributed by atoms with E-state index in [4.69, 9.17) is 4.74 Å². The van der Waals surface area contributed by atoms with Crippen LogP contribution in [0.1, 0.15) is 37.7 Å². The van der Waals surface area contributed by atoms with Crippen LogP contribution in [0.25, 0.3) is 0 Å². The van der Waals surface area contributed by atoms with Gasteiger partial charge in [-0.1, -0.05) is 49.6 Å². The molecule has 2 aliphatic carbocycles. The molecule has 2 fully saturated rings. The maximum Gasteiger partial charge on any atom is 0.407 e. The topological polar surface area (TPSA) is 38.3 Å². The molecule has 1 N–H and O–H groups in total. The van der Waals surface area contributed by atoms with Crippen molar-refractivity contribution in [2.75, 3.05) is 6.54 Å². The first-order valence-electron chi connectivity index (χ1n) is 7.76. The molecule has 2 unspecified atom stereocenters. The zero-order valence-corrected chi connectivity index (χ0v) is 11.9. The molecule has 3 heteroatoms. The Morgan fingerprint density at radius 1 is 1.15 bits per heavy atom. The van der Waals surface area contributed by atoms with Gasteiger partial charge in [0.05, 0.1) is 0 Å². The van der Waals surface area contributed by atoms with Crippen molar-refractivity contribution < 1.29 is 9.53 Å². The number of fused-ring (bicyclic) bond motifs is 1. The van der Waals surface area contributed by atoms with Crippen molar-refractivity contribution in [3.63, 3.8) is 0 Å². The zero-order valence-electron chi connectivity index (χ0n) is 11.9. The number of benzene rings is 1. The van der Waals surface area contributed by atoms with E-state index in [9.17, 15) is 4.79 Å². The lowest BCUT2D eigenvalue weighted by atomic mass is 10.0. The van der Waals surface area contributed by atoms with E-state index in [0.717, 1.165) is 23.9 Å². The minimum Gasteiger partial charge on any atom is -0.445 e. The van der Waals surface area contributed by atoms with Crippen molar-refractivity contribution in [2.45, 2.75) is 38.7 Å². The number of nitrogens with one attached hydrogen (secondary N) is 1. The van der Waals surface area contributed by atoms with Gasteiger partial charge in [-0.05, 0) is 36.2 Å². The Hall–Kier alpha value is -1.51. The Balaban J connectivity index is 1.35. The second-order valence-electron chi connectivity index (χ2n) is 6.23. The summed E-state index contributed by atoms with van der Waals surface area (Å²) in [7, 11) is 0. The number of amides is 1. The second kappa shape index (κ2) is 6.29. The predicted octanol–water partition coefficient (Wildman–Crippen LogP) is 3.74. The molecule has 0 aromatic heterocycles. The summed E-state index contributed by atoms with van der Waals surface area (Å²) in [6, 6.07) is 9.79. The molecule has 0 saturated heterocycles. The number of hydrogen-bond acceptors (Lipinski definition) is 2. The Labute approximate surface area is 120 Å². The fourth-order valence-corrected chi connectivity index (χ4v) is 3.86. The van der Waals surface area contributed by atoms with Crippen LogP contribution in [0.15, 0.2) is 30.3 Å². The molecule has 1 aromatic carbocycles. The average Bonchev–Trinajstić information content (AvgIpc) is 3.05. The minimum atomic E-state index is -0.286. The third-order valence-electron chi connectivity index (χ3n) is 4.84. The van der Waals surface area contributed by atoms with Gasteiger partial charge >= 0.3 is 6.09 Å². The van der Waals surface area contributed by atoms with Crippen LogP contribution in [0, 0.1) is 17.8 Å². The van der Waals surface area contributed by atoms with E-state index in [2.05, 4.69) is 5.32 Å². The summed E-state index contributed by atoms with van der Waals surface area (Å²) in [6.45, 7) is 1.13. The molecule has 0 spiro atoms. The van der Waals surface area contributed by atoms with Gasteiger partial charge < -0.3 is 10.1 Å². The minimum absolute atomic E-state index is 0.286. The Kier molecular flexibility index (Phi) is 4.24. The summed E-state index contributed by atoms with van der Waals surface area (Å²) in [5.41, 5.74) is 1.03. The molecule has 0 heterocycles. The van der Waals surface area contributed by atoms with Gasteiger partial charge in [0.25, 0.3) is 0 Å². The van der Waals surface area contributed by atoms with Crippen molar-refractivity contribution in [3.05, 3.63) is 35.9 Å². The van der Waals surface area contributed by atoms with Gasteiger partial charge in [-0.3, -0.25) is 0 Å². The molecule has 2 saturated carbocycles. The predicted molar refractivity (Wildman–Crippen MR) is 78.2 cm³/mol. The maximum absolute atomic E-state index is 11.7. The van der Waals surface area contributed by atoms with E-state index in [1.165, 1.54) is 32.1 Å². The summed E-state index contributed by atoms with van der Waals surface area (Å²) < 4.78 is 5.23. The van der Waals surface area contributed by atoms with Crippen LogP contribution in [-0.4, -0.2) is 12.6 Å². The molecule has 1 amide bonds. The largest absolute Gasteiger partial charge is 0.445 e. The molecule has 2 atom stereocenters. The smallest absolute Gasteiger partial charge is 0.407 e. The first kappa shape index (κ1) is 13.5. The van der Waals surface area contributed by atoms with Crippen LogP contribution in [-0.2, 0) is 11.3 Å². The molecule has 2 aliphatic rings. The third-order valence-corrected chi connectivity index (χ3v) is 4.84. The molecule has 0 aliphatic heterocycles. The van der Waals surface area contributed by atoms with Crippen LogP contribution in [0.4, 0.5) is 4.79 Å². The lowest BCUT2D eigenvalue weighted by Gasteiger charge is -2.12. The van der Waals surface area contributed by atoms with Gasteiger partial charge in [0.2, 0.25) is 0 Å². The number of carbonyl (C=O) groups excluding carboxylic acids is 1. The molecule has 3 rings (SSSR count). The second-order valence-corrected chi connectivity index (χ2v) is 6.23. The quantitative estimate of drug-likeness (QED) is 0.907. The summed E-state index contributed by atoms with van der Waals surface area (Å²) >= 11 is 0. The van der Waals surface area contributed by atoms with Crippen molar-refractivity contribution >= 4 is 6.09 Å². The molecule has 20 heavy (non-hydrogen) atoms. The van der Waals surface area contributed by atoms with Gasteiger partial charge in [0.15, 0.2) is 0 Å². The third kappa shape index (κ3) is 3.33. The van der Waals surface area contributed by atoms with Gasteiger partial charge in [0.1, 0.15) is 6.61 Å². The van der Waals surface area contributed by atoms with E-state index in [-0.39, 0.29) is 6.09 Å². The highest BCUT2D eigenvalue weighted by atomic mass is 16.5. The van der Waals surface area contributed by atoms with Crippen molar-refractivity contribution in [3.8, 4) is 0 Å². The molecule has 0 radical (unpaired) electrons. The van der Waals surface area contributed by atoms with E-state index in [1.54, 1.807) is 0 Å². The van der Waals surface area contributed by atoms with Crippen LogP contribution in [0.5, 0.6) is 0 Å². The highest BCUT2D eigenvalue weighted by Gasteiger charge is 2.37. The number of carbonyl (C=O) groups is 1. The Morgan fingerprint density at radius 2 is 1.85 bits per heavy atom. The van der Waals surface area contributed by atoms with Gasteiger partial charge in [-0.15, -0.1) is 0 Å². The SMILES string of the molecule is O=C(NCC1CC2CCCC2C1)OCc1ccccc1. The van der Waals surface area contributed by atoms with Crippen molar-refractivity contribution in [1.82, 2.24) is 5.32 Å². The summed E-state index contributed by atoms with van der Waals surface area (Å²) in [4.78, 5) is 11.7. The van der Waals surface area contributed by atoms with Crippen LogP contribution in [0.3, 0.4) is 0 Å². The maximum atomic E-state index is 11.7. The zero-order chi connectivity index (χ0) is 13.8. The lowest BCUT2D eigenvalue weighted by Crippen LogP contribution is -2.29. The van der Waals surface area contributed by atoms with Crippen LogP contribution < -0.4 is 5.32 Å². The summed E-state index contributed by atoms with van der Waals surface area (Å²) in [5.74, 6) is 2.53. The molecule has 108 valence electrons. The van der Waals surface area contributed by atoms with E-state index in [0.29, 0.717) is 12.5 Å². The van der Waals surface area contributed by atoms with Crippen LogP contribution >= 0.6 is 0 Å². The Morgan fingerprint density at radius 3 is 2.55 bits per heavy atom. The number of rotatable bonds is 4. The highest BCUT2D eigenvalue weighted by Crippen LogP contribution is 2.46.